The van der Waals surface area contributed by atoms with Gasteiger partial charge in [-0.2, -0.15) is 5.10 Å². The summed E-state index contributed by atoms with van der Waals surface area (Å²) in [4.78, 5) is 4.01. The first-order chi connectivity index (χ1) is 10.2. The van der Waals surface area contributed by atoms with Gasteiger partial charge in [0.2, 0.25) is 0 Å². The normalized spacial score (nSPS) is 12.1. The second kappa shape index (κ2) is 6.26. The Morgan fingerprint density at radius 3 is 2.57 bits per heavy atom. The van der Waals surface area contributed by atoms with E-state index in [1.54, 1.807) is 17.3 Å². The molecule has 0 aliphatic carbocycles. The highest BCUT2D eigenvalue weighted by Gasteiger charge is 2.09. The Balaban J connectivity index is 1.86. The van der Waals surface area contributed by atoms with Gasteiger partial charge in [-0.15, -0.1) is 0 Å². The van der Waals surface area contributed by atoms with Crippen LogP contribution in [0.1, 0.15) is 18.5 Å². The molecule has 0 aliphatic heterocycles. The first kappa shape index (κ1) is 14.1. The summed E-state index contributed by atoms with van der Waals surface area (Å²) in [6, 6.07) is 16.9. The summed E-state index contributed by atoms with van der Waals surface area (Å²) >= 11 is 2.32. The van der Waals surface area contributed by atoms with E-state index in [4.69, 9.17) is 0 Å². The van der Waals surface area contributed by atoms with Crippen LogP contribution in [0.4, 0.5) is 5.69 Å². The third-order valence-corrected chi connectivity index (χ3v) is 4.03. The lowest BCUT2D eigenvalue weighted by atomic mass is 10.1. The molecule has 106 valence electrons. The number of rotatable bonds is 4. The smallest absolute Gasteiger partial charge is 0.138 e. The van der Waals surface area contributed by atoms with Crippen LogP contribution < -0.4 is 5.32 Å². The van der Waals surface area contributed by atoms with E-state index in [1.165, 1.54) is 9.13 Å². The Hall–Kier alpha value is -1.89. The van der Waals surface area contributed by atoms with Crippen LogP contribution in [-0.4, -0.2) is 14.8 Å². The fourth-order valence-corrected chi connectivity index (χ4v) is 2.56. The Bertz CT molecular complexity index is 707. The molecule has 0 saturated carbocycles. The first-order valence-corrected chi connectivity index (χ1v) is 7.78. The van der Waals surface area contributed by atoms with E-state index in [2.05, 4.69) is 75.2 Å². The number of hydrogen-bond donors (Lipinski definition) is 1. The third-order valence-electron chi connectivity index (χ3n) is 3.31. The molecule has 1 heterocycles. The van der Waals surface area contributed by atoms with Crippen molar-refractivity contribution >= 4 is 28.3 Å². The van der Waals surface area contributed by atoms with Crippen LogP contribution in [0, 0.1) is 3.57 Å². The Kier molecular flexibility index (Phi) is 4.19. The van der Waals surface area contributed by atoms with Gasteiger partial charge >= 0.3 is 0 Å². The highest BCUT2D eigenvalue weighted by atomic mass is 127. The Morgan fingerprint density at radius 2 is 1.86 bits per heavy atom. The molecule has 3 aromatic rings. The van der Waals surface area contributed by atoms with Crippen molar-refractivity contribution in [2.24, 2.45) is 0 Å². The number of benzene rings is 2. The van der Waals surface area contributed by atoms with E-state index in [0.29, 0.717) is 0 Å². The van der Waals surface area contributed by atoms with Crippen molar-refractivity contribution in [3.05, 3.63) is 70.3 Å². The lowest BCUT2D eigenvalue weighted by molar-refractivity contribution is 0.852. The van der Waals surface area contributed by atoms with Crippen molar-refractivity contribution in [3.8, 4) is 5.69 Å². The Morgan fingerprint density at radius 1 is 1.10 bits per heavy atom. The lowest BCUT2D eigenvalue weighted by Gasteiger charge is -2.18. The number of nitrogens with one attached hydrogen (secondary N) is 1. The van der Waals surface area contributed by atoms with Crippen LogP contribution in [0.5, 0.6) is 0 Å². The second-order valence-electron chi connectivity index (χ2n) is 4.77. The Labute approximate surface area is 137 Å². The molecule has 0 radical (unpaired) electrons. The molecule has 21 heavy (non-hydrogen) atoms. The lowest BCUT2D eigenvalue weighted by Crippen LogP contribution is -2.09. The quantitative estimate of drug-likeness (QED) is 0.684. The highest BCUT2D eigenvalue weighted by Crippen LogP contribution is 2.24. The fourth-order valence-electron chi connectivity index (χ4n) is 2.20. The van der Waals surface area contributed by atoms with Gasteiger partial charge < -0.3 is 5.32 Å². The first-order valence-electron chi connectivity index (χ1n) is 6.70. The summed E-state index contributed by atoms with van der Waals surface area (Å²) in [5.74, 6) is 0. The van der Waals surface area contributed by atoms with Crippen molar-refractivity contribution < 1.29 is 0 Å². The van der Waals surface area contributed by atoms with Gasteiger partial charge in [0, 0.05) is 9.61 Å². The van der Waals surface area contributed by atoms with E-state index in [0.717, 1.165) is 11.4 Å². The predicted octanol–water partition coefficient (Wildman–Crippen LogP) is 4.05. The van der Waals surface area contributed by atoms with Crippen LogP contribution in [0.3, 0.4) is 0 Å². The zero-order chi connectivity index (χ0) is 14.7. The molecule has 0 aliphatic rings. The molecule has 3 rings (SSSR count). The maximum absolute atomic E-state index is 4.20. The summed E-state index contributed by atoms with van der Waals surface area (Å²) in [5, 5.41) is 7.75. The largest absolute Gasteiger partial charge is 0.377 e. The van der Waals surface area contributed by atoms with Crippen LogP contribution >= 0.6 is 22.6 Å². The van der Waals surface area contributed by atoms with E-state index < -0.39 is 0 Å². The minimum Gasteiger partial charge on any atom is -0.377 e. The summed E-state index contributed by atoms with van der Waals surface area (Å²) in [6.07, 6.45) is 3.25. The summed E-state index contributed by atoms with van der Waals surface area (Å²) in [7, 11) is 0. The summed E-state index contributed by atoms with van der Waals surface area (Å²) in [6.45, 7) is 2.15. The number of nitrogens with zero attached hydrogens (tertiary/aromatic N) is 3. The van der Waals surface area contributed by atoms with E-state index in [9.17, 15) is 0 Å². The number of para-hydroxylation sites is 2. The molecule has 4 nitrogen and oxygen atoms in total. The van der Waals surface area contributed by atoms with E-state index >= 15 is 0 Å². The van der Waals surface area contributed by atoms with Gasteiger partial charge in [-0.05, 0) is 59.3 Å². The van der Waals surface area contributed by atoms with Gasteiger partial charge in [0.05, 0.1) is 11.4 Å². The van der Waals surface area contributed by atoms with Crippen molar-refractivity contribution in [1.82, 2.24) is 14.8 Å². The van der Waals surface area contributed by atoms with Gasteiger partial charge in [-0.25, -0.2) is 9.67 Å². The van der Waals surface area contributed by atoms with Crippen LogP contribution in [-0.2, 0) is 0 Å². The minimum atomic E-state index is 0.215. The monoisotopic (exact) mass is 390 g/mol. The standard InChI is InChI=1S/C16H15IN4/c1-12(13-6-8-14(17)9-7-13)20-15-4-2-3-5-16(15)21-11-18-10-19-21/h2-12,20H,1H3. The van der Waals surface area contributed by atoms with Gasteiger partial charge in [0.1, 0.15) is 12.7 Å². The molecule has 0 spiro atoms. The topological polar surface area (TPSA) is 42.7 Å². The molecule has 0 saturated heterocycles. The maximum atomic E-state index is 4.20. The van der Waals surface area contributed by atoms with Gasteiger partial charge in [-0.1, -0.05) is 24.3 Å². The van der Waals surface area contributed by atoms with E-state index in [1.807, 2.05) is 18.2 Å². The van der Waals surface area contributed by atoms with Gasteiger partial charge in [0.25, 0.3) is 0 Å². The van der Waals surface area contributed by atoms with Gasteiger partial charge in [0.15, 0.2) is 0 Å². The summed E-state index contributed by atoms with van der Waals surface area (Å²) in [5.41, 5.74) is 3.28. The van der Waals surface area contributed by atoms with Crippen LogP contribution in [0.2, 0.25) is 0 Å². The molecule has 1 atom stereocenters. The minimum absolute atomic E-state index is 0.215. The molecule has 2 aromatic carbocycles. The van der Waals surface area contributed by atoms with Crippen LogP contribution in [0.25, 0.3) is 5.69 Å². The molecule has 1 aromatic heterocycles. The number of halogens is 1. The molecule has 5 heteroatoms. The predicted molar refractivity (Wildman–Crippen MR) is 92.6 cm³/mol. The highest BCUT2D eigenvalue weighted by molar-refractivity contribution is 14.1. The number of hydrogen-bond acceptors (Lipinski definition) is 3. The molecule has 1 unspecified atom stereocenters. The molecule has 0 fully saturated rings. The molecule has 0 bridgehead atoms. The van der Waals surface area contributed by atoms with Crippen molar-refractivity contribution in [2.75, 3.05) is 5.32 Å². The second-order valence-corrected chi connectivity index (χ2v) is 6.02. The molecule has 0 amide bonds. The average molecular weight is 390 g/mol. The third kappa shape index (κ3) is 3.24. The van der Waals surface area contributed by atoms with Crippen molar-refractivity contribution in [3.63, 3.8) is 0 Å². The number of anilines is 1. The fraction of sp³-hybridized carbons (Fsp3) is 0.125. The summed E-state index contributed by atoms with van der Waals surface area (Å²) < 4.78 is 3.01. The zero-order valence-electron chi connectivity index (χ0n) is 11.6. The molecular formula is C16H15IN4. The average Bonchev–Trinajstić information content (AvgIpc) is 3.02. The number of aromatic nitrogens is 3. The maximum Gasteiger partial charge on any atom is 0.138 e. The zero-order valence-corrected chi connectivity index (χ0v) is 13.7. The molecular weight excluding hydrogens is 375 g/mol. The van der Waals surface area contributed by atoms with Gasteiger partial charge in [-0.3, -0.25) is 0 Å². The SMILES string of the molecule is CC(Nc1ccccc1-n1cncn1)c1ccc(I)cc1. The van der Waals surface area contributed by atoms with Crippen molar-refractivity contribution in [2.45, 2.75) is 13.0 Å². The van der Waals surface area contributed by atoms with E-state index in [-0.39, 0.29) is 6.04 Å². The molecule has 1 N–H and O–H groups in total. The van der Waals surface area contributed by atoms with Crippen molar-refractivity contribution in [1.29, 1.82) is 0 Å². The van der Waals surface area contributed by atoms with Crippen LogP contribution in [0.15, 0.2) is 61.2 Å².